The highest BCUT2D eigenvalue weighted by Gasteiger charge is 2.21. The molecule has 0 radical (unpaired) electrons. The maximum atomic E-state index is 14.2. The minimum Gasteiger partial charge on any atom is -0.274 e. The Morgan fingerprint density at radius 1 is 1.09 bits per heavy atom. The quantitative estimate of drug-likeness (QED) is 0.285. The predicted octanol–water partition coefficient (Wildman–Crippen LogP) is 5.73. The highest BCUT2D eigenvalue weighted by atomic mass is 32.1. The molecule has 2 aromatic heterocycles. The molecular weight excluding hydrogens is 438 g/mol. The summed E-state index contributed by atoms with van der Waals surface area (Å²) in [7, 11) is 0. The van der Waals surface area contributed by atoms with E-state index in [-0.39, 0.29) is 16.5 Å². The number of aromatic nitrogens is 2. The molecule has 0 bridgehead atoms. The summed E-state index contributed by atoms with van der Waals surface area (Å²) in [5.41, 5.74) is 1.42. The van der Waals surface area contributed by atoms with Crippen LogP contribution in [0.1, 0.15) is 18.3 Å². The van der Waals surface area contributed by atoms with Crippen LogP contribution < -0.4 is 4.90 Å². The van der Waals surface area contributed by atoms with Gasteiger partial charge in [0.05, 0.1) is 32.9 Å². The summed E-state index contributed by atoms with van der Waals surface area (Å²) in [6, 6.07) is 10.9. The number of thiazole rings is 1. The fourth-order valence-electron chi connectivity index (χ4n) is 3.10. The van der Waals surface area contributed by atoms with Crippen LogP contribution in [0.15, 0.2) is 53.9 Å². The van der Waals surface area contributed by atoms with Gasteiger partial charge in [-0.25, -0.2) is 18.7 Å². The van der Waals surface area contributed by atoms with Gasteiger partial charge in [-0.15, -0.1) is 11.3 Å². The second-order valence-electron chi connectivity index (χ2n) is 6.68. The van der Waals surface area contributed by atoms with E-state index in [0.29, 0.717) is 28.4 Å². The van der Waals surface area contributed by atoms with Crippen molar-refractivity contribution in [1.82, 2.24) is 9.97 Å². The molecule has 0 N–H and O–H groups in total. The lowest BCUT2D eigenvalue weighted by molar-refractivity contribution is -0.383. The van der Waals surface area contributed by atoms with Gasteiger partial charge >= 0.3 is 0 Å². The van der Waals surface area contributed by atoms with E-state index >= 15 is 0 Å². The number of benzene rings is 2. The van der Waals surface area contributed by atoms with Crippen molar-refractivity contribution in [3.8, 4) is 0 Å². The van der Waals surface area contributed by atoms with E-state index in [1.807, 2.05) is 0 Å². The topological polar surface area (TPSA) is 89.2 Å². The number of pyridine rings is 1. The SMILES string of the molecule is CC(=O)N(c1nc(/C=C/c2ccc3c([N+](=O)[O-])cccc3n2)cs1)c1ccc(F)cc1F. The molecule has 0 atom stereocenters. The number of fused-ring (bicyclic) bond motifs is 1. The molecule has 160 valence electrons. The number of hydrogen-bond donors (Lipinski definition) is 0. The highest BCUT2D eigenvalue weighted by Crippen LogP contribution is 2.31. The lowest BCUT2D eigenvalue weighted by atomic mass is 10.1. The normalized spacial score (nSPS) is 11.2. The third-order valence-electron chi connectivity index (χ3n) is 4.52. The molecule has 0 unspecified atom stereocenters. The molecule has 10 heteroatoms. The third-order valence-corrected chi connectivity index (χ3v) is 5.36. The molecule has 2 aromatic carbocycles. The van der Waals surface area contributed by atoms with E-state index in [4.69, 9.17) is 0 Å². The van der Waals surface area contributed by atoms with E-state index in [1.165, 1.54) is 19.1 Å². The summed E-state index contributed by atoms with van der Waals surface area (Å²) in [6.07, 6.45) is 3.33. The summed E-state index contributed by atoms with van der Waals surface area (Å²) in [4.78, 5) is 32.6. The minimum absolute atomic E-state index is 0.0213. The number of amides is 1. The molecule has 0 aliphatic rings. The Labute approximate surface area is 184 Å². The van der Waals surface area contributed by atoms with Crippen molar-refractivity contribution in [3.05, 3.63) is 87.0 Å². The van der Waals surface area contributed by atoms with E-state index < -0.39 is 22.5 Å². The number of halogens is 2. The second kappa shape index (κ2) is 8.60. The van der Waals surface area contributed by atoms with Crippen LogP contribution in [0.25, 0.3) is 23.1 Å². The third kappa shape index (κ3) is 4.21. The standard InChI is InChI=1S/C22H14F2N4O3S/c1-13(29)27(21-10-5-14(23)11-18(21)24)22-26-16(12-32-22)7-6-15-8-9-17-19(25-15)3-2-4-20(17)28(30)31/h2-12H,1H3/b7-6+. The average molecular weight is 452 g/mol. The summed E-state index contributed by atoms with van der Waals surface area (Å²) >= 11 is 1.12. The first-order chi connectivity index (χ1) is 15.3. The van der Waals surface area contributed by atoms with Crippen LogP contribution in [0, 0.1) is 21.7 Å². The Hall–Kier alpha value is -4.05. The number of nitro benzene ring substituents is 1. The molecule has 7 nitrogen and oxygen atoms in total. The summed E-state index contributed by atoms with van der Waals surface area (Å²) < 4.78 is 27.4. The number of carbonyl (C=O) groups is 1. The van der Waals surface area contributed by atoms with Crippen LogP contribution >= 0.6 is 11.3 Å². The summed E-state index contributed by atoms with van der Waals surface area (Å²) in [5, 5.41) is 13.5. The van der Waals surface area contributed by atoms with Gasteiger partial charge < -0.3 is 0 Å². The zero-order valence-corrected chi connectivity index (χ0v) is 17.3. The van der Waals surface area contributed by atoms with Gasteiger partial charge in [0.25, 0.3) is 5.69 Å². The molecular formula is C22H14F2N4O3S. The van der Waals surface area contributed by atoms with Crippen LogP contribution in [0.3, 0.4) is 0 Å². The van der Waals surface area contributed by atoms with Crippen molar-refractivity contribution >= 4 is 56.8 Å². The van der Waals surface area contributed by atoms with Crippen LogP contribution in [0.2, 0.25) is 0 Å². The molecule has 4 aromatic rings. The molecule has 2 heterocycles. The van der Waals surface area contributed by atoms with Gasteiger partial charge in [-0.2, -0.15) is 0 Å². The largest absolute Gasteiger partial charge is 0.278 e. The molecule has 0 aliphatic heterocycles. The fourth-order valence-corrected chi connectivity index (χ4v) is 3.95. The average Bonchev–Trinajstić information content (AvgIpc) is 3.21. The lowest BCUT2D eigenvalue weighted by Crippen LogP contribution is -2.23. The first-order valence-electron chi connectivity index (χ1n) is 9.27. The van der Waals surface area contributed by atoms with Crippen molar-refractivity contribution in [2.45, 2.75) is 6.92 Å². The lowest BCUT2D eigenvalue weighted by Gasteiger charge is -2.18. The second-order valence-corrected chi connectivity index (χ2v) is 7.51. The maximum absolute atomic E-state index is 14.2. The summed E-state index contributed by atoms with van der Waals surface area (Å²) in [5.74, 6) is -2.09. The number of rotatable bonds is 5. The maximum Gasteiger partial charge on any atom is 0.278 e. The van der Waals surface area contributed by atoms with Gasteiger partial charge in [0, 0.05) is 24.4 Å². The number of non-ortho nitro benzene ring substituents is 1. The van der Waals surface area contributed by atoms with Crippen molar-refractivity contribution < 1.29 is 18.5 Å². The molecule has 0 saturated heterocycles. The summed E-state index contributed by atoms with van der Waals surface area (Å²) in [6.45, 7) is 1.26. The number of carbonyl (C=O) groups excluding carboxylic acids is 1. The zero-order valence-electron chi connectivity index (χ0n) is 16.5. The van der Waals surface area contributed by atoms with Crippen molar-refractivity contribution in [2.75, 3.05) is 4.90 Å². The minimum atomic E-state index is -0.873. The Kier molecular flexibility index (Phi) is 5.69. The van der Waals surface area contributed by atoms with E-state index in [0.717, 1.165) is 22.3 Å². The number of anilines is 2. The first kappa shape index (κ1) is 21.2. The molecule has 1 amide bonds. The van der Waals surface area contributed by atoms with Crippen molar-refractivity contribution in [3.63, 3.8) is 0 Å². The van der Waals surface area contributed by atoms with Gasteiger partial charge in [0.15, 0.2) is 5.13 Å². The molecule has 4 rings (SSSR count). The Balaban J connectivity index is 1.62. The van der Waals surface area contributed by atoms with E-state index in [1.54, 1.807) is 41.8 Å². The van der Waals surface area contributed by atoms with Crippen LogP contribution in [0.4, 0.5) is 25.3 Å². The van der Waals surface area contributed by atoms with Gasteiger partial charge in [-0.3, -0.25) is 19.8 Å². The number of nitrogens with zero attached hydrogens (tertiary/aromatic N) is 4. The Morgan fingerprint density at radius 3 is 2.59 bits per heavy atom. The van der Waals surface area contributed by atoms with Gasteiger partial charge in [-0.1, -0.05) is 6.07 Å². The van der Waals surface area contributed by atoms with Crippen molar-refractivity contribution in [2.24, 2.45) is 0 Å². The molecule has 32 heavy (non-hydrogen) atoms. The van der Waals surface area contributed by atoms with Gasteiger partial charge in [0.1, 0.15) is 11.6 Å². The smallest absolute Gasteiger partial charge is 0.274 e. The van der Waals surface area contributed by atoms with Gasteiger partial charge in [0.2, 0.25) is 5.91 Å². The Morgan fingerprint density at radius 2 is 1.88 bits per heavy atom. The molecule has 0 fully saturated rings. The van der Waals surface area contributed by atoms with E-state index in [9.17, 15) is 23.7 Å². The predicted molar refractivity (Wildman–Crippen MR) is 119 cm³/mol. The van der Waals surface area contributed by atoms with Gasteiger partial charge in [-0.05, 0) is 42.5 Å². The van der Waals surface area contributed by atoms with Crippen LogP contribution in [-0.2, 0) is 4.79 Å². The first-order valence-corrected chi connectivity index (χ1v) is 10.1. The molecule has 0 saturated carbocycles. The zero-order chi connectivity index (χ0) is 22.8. The highest BCUT2D eigenvalue weighted by molar-refractivity contribution is 7.14. The molecule has 0 aliphatic carbocycles. The number of hydrogen-bond acceptors (Lipinski definition) is 6. The van der Waals surface area contributed by atoms with Crippen LogP contribution in [-0.4, -0.2) is 20.8 Å². The number of nitro groups is 1. The fraction of sp³-hybridized carbons (Fsp3) is 0.0455. The van der Waals surface area contributed by atoms with E-state index in [2.05, 4.69) is 9.97 Å². The molecule has 0 spiro atoms. The van der Waals surface area contributed by atoms with Crippen LogP contribution in [0.5, 0.6) is 0 Å². The monoisotopic (exact) mass is 452 g/mol. The van der Waals surface area contributed by atoms with Crippen molar-refractivity contribution in [1.29, 1.82) is 0 Å². The Bertz CT molecular complexity index is 1390.